The molecular weight excluding hydrogens is 927 g/mol. The van der Waals surface area contributed by atoms with Crippen LogP contribution in [0.3, 0.4) is 0 Å². The standard InChI is InChI=1S/C76H49N/c1-2-22-54(23-3-1)75(69-32-12-8-26-63(69)64-27-9-13-33-70(64)75)55-40-46-67-68-47-45-58(49-74(68)76(73(67)48-55)71-34-14-10-28-65(71)66-29-11-15-35-72(66)76)77(56-41-36-52(37-42-56)61-30-16-20-50-18-4-6-24-59(50)61)57-43-38-53(39-44-57)62-31-17-21-51-19-5-7-25-60(51)62/h1-49H. The second kappa shape index (κ2) is 16.8. The number of hydrogen-bond acceptors (Lipinski definition) is 1. The molecule has 1 nitrogen and oxygen atoms in total. The van der Waals surface area contributed by atoms with E-state index in [-0.39, 0.29) is 0 Å². The van der Waals surface area contributed by atoms with Crippen LogP contribution in [0.25, 0.3) is 77.2 Å². The molecule has 3 aliphatic rings. The van der Waals surface area contributed by atoms with E-state index in [9.17, 15) is 0 Å². The molecule has 1 heteroatoms. The Bertz CT molecular complexity index is 4280. The summed E-state index contributed by atoms with van der Waals surface area (Å²) in [5, 5.41) is 4.99. The van der Waals surface area contributed by atoms with E-state index in [2.05, 4.69) is 302 Å². The first-order chi connectivity index (χ1) is 38.2. The fourth-order valence-electron chi connectivity index (χ4n) is 14.2. The summed E-state index contributed by atoms with van der Waals surface area (Å²) in [7, 11) is 0. The van der Waals surface area contributed by atoms with Gasteiger partial charge in [0.1, 0.15) is 0 Å². The predicted octanol–water partition coefficient (Wildman–Crippen LogP) is 19.5. The normalized spacial score (nSPS) is 13.7. The fraction of sp³-hybridized carbons (Fsp3) is 0.0263. The minimum atomic E-state index is -0.610. The zero-order chi connectivity index (χ0) is 50.7. The van der Waals surface area contributed by atoms with Gasteiger partial charge in [0, 0.05) is 17.1 Å². The molecular formula is C76H49N. The highest BCUT2D eigenvalue weighted by atomic mass is 15.1. The van der Waals surface area contributed by atoms with Crippen LogP contribution in [-0.4, -0.2) is 0 Å². The van der Waals surface area contributed by atoms with Crippen LogP contribution >= 0.6 is 0 Å². The lowest BCUT2D eigenvalue weighted by Gasteiger charge is -2.36. The highest BCUT2D eigenvalue weighted by molar-refractivity contribution is 6.00. The summed E-state index contributed by atoms with van der Waals surface area (Å²) in [6.07, 6.45) is 0. The summed E-state index contributed by atoms with van der Waals surface area (Å²) in [5.41, 5.74) is 25.1. The van der Waals surface area contributed by atoms with Crippen LogP contribution in [0, 0.1) is 0 Å². The maximum absolute atomic E-state index is 2.61. The van der Waals surface area contributed by atoms with Gasteiger partial charge in [0.2, 0.25) is 0 Å². The third-order valence-corrected chi connectivity index (χ3v) is 17.4. The molecule has 0 fully saturated rings. The molecule has 0 aliphatic heterocycles. The maximum atomic E-state index is 2.61. The molecule has 0 heterocycles. The SMILES string of the molecule is c1ccc(C2(c3ccc4c(c3)C3(c5ccccc5-c5ccccc53)c3cc(N(c5ccc(-c6cccc7ccccc67)cc5)c5ccc(-c6cccc7ccccc67)cc5)ccc3-4)c3ccccc3-c3ccccc32)cc1. The molecule has 3 aliphatic carbocycles. The van der Waals surface area contributed by atoms with Crippen LogP contribution in [0.5, 0.6) is 0 Å². The molecule has 0 saturated heterocycles. The van der Waals surface area contributed by atoms with Gasteiger partial charge in [-0.25, -0.2) is 0 Å². The average Bonchev–Trinajstić information content (AvgIpc) is 3.85. The number of anilines is 3. The van der Waals surface area contributed by atoms with Crippen molar-refractivity contribution in [2.24, 2.45) is 0 Å². The topological polar surface area (TPSA) is 3.24 Å². The first-order valence-corrected chi connectivity index (χ1v) is 26.9. The monoisotopic (exact) mass is 975 g/mol. The summed E-state index contributed by atoms with van der Waals surface area (Å²) < 4.78 is 0. The predicted molar refractivity (Wildman–Crippen MR) is 321 cm³/mol. The summed E-state index contributed by atoms with van der Waals surface area (Å²) in [6.45, 7) is 0. The second-order valence-electron chi connectivity index (χ2n) is 21.0. The summed E-state index contributed by atoms with van der Waals surface area (Å²) in [4.78, 5) is 2.46. The van der Waals surface area contributed by atoms with Gasteiger partial charge in [-0.1, -0.05) is 261 Å². The third-order valence-electron chi connectivity index (χ3n) is 17.4. The number of benzene rings is 13. The van der Waals surface area contributed by atoms with E-state index in [1.54, 1.807) is 0 Å². The van der Waals surface area contributed by atoms with Crippen molar-refractivity contribution in [2.45, 2.75) is 10.8 Å². The van der Waals surface area contributed by atoms with Gasteiger partial charge in [-0.3, -0.25) is 0 Å². The third kappa shape index (κ3) is 6.17. The average molecular weight is 976 g/mol. The maximum Gasteiger partial charge on any atom is 0.0726 e. The Hall–Kier alpha value is -9.82. The van der Waals surface area contributed by atoms with E-state index in [0.29, 0.717) is 0 Å². The molecule has 16 rings (SSSR count). The molecule has 0 atom stereocenters. The van der Waals surface area contributed by atoms with Gasteiger partial charge in [-0.05, 0) is 158 Å². The van der Waals surface area contributed by atoms with Crippen molar-refractivity contribution in [3.05, 3.63) is 342 Å². The second-order valence-corrected chi connectivity index (χ2v) is 21.0. The summed E-state index contributed by atoms with van der Waals surface area (Å²) >= 11 is 0. The van der Waals surface area contributed by atoms with E-state index in [4.69, 9.17) is 0 Å². The van der Waals surface area contributed by atoms with E-state index in [1.807, 2.05) is 0 Å². The van der Waals surface area contributed by atoms with Gasteiger partial charge in [0.15, 0.2) is 0 Å². The van der Waals surface area contributed by atoms with E-state index < -0.39 is 10.8 Å². The van der Waals surface area contributed by atoms with Gasteiger partial charge in [-0.2, -0.15) is 0 Å². The van der Waals surface area contributed by atoms with Crippen molar-refractivity contribution >= 4 is 38.6 Å². The van der Waals surface area contributed by atoms with E-state index >= 15 is 0 Å². The highest BCUT2D eigenvalue weighted by Gasteiger charge is 2.53. The Morgan fingerprint density at radius 1 is 0.208 bits per heavy atom. The van der Waals surface area contributed by atoms with Crippen molar-refractivity contribution in [1.82, 2.24) is 0 Å². The van der Waals surface area contributed by atoms with Gasteiger partial charge in [0.05, 0.1) is 10.8 Å². The van der Waals surface area contributed by atoms with Gasteiger partial charge >= 0.3 is 0 Å². The highest BCUT2D eigenvalue weighted by Crippen LogP contribution is 2.65. The molecule has 1 spiro atoms. The molecule has 0 aromatic heterocycles. The minimum Gasteiger partial charge on any atom is -0.310 e. The van der Waals surface area contributed by atoms with Crippen molar-refractivity contribution in [3.8, 4) is 55.6 Å². The smallest absolute Gasteiger partial charge is 0.0726 e. The molecule has 0 N–H and O–H groups in total. The number of fused-ring (bicyclic) bond motifs is 15. The summed E-state index contributed by atoms with van der Waals surface area (Å²) in [5.74, 6) is 0. The number of rotatable bonds is 7. The van der Waals surface area contributed by atoms with Crippen LogP contribution in [0.15, 0.2) is 297 Å². The number of hydrogen-bond donors (Lipinski definition) is 0. The Kier molecular flexibility index (Phi) is 9.53. The minimum absolute atomic E-state index is 0.546. The lowest BCUT2D eigenvalue weighted by molar-refractivity contribution is 0.751. The Morgan fingerprint density at radius 2 is 0.571 bits per heavy atom. The molecule has 358 valence electrons. The molecule has 13 aromatic carbocycles. The van der Waals surface area contributed by atoms with Crippen LogP contribution in [0.1, 0.15) is 44.5 Å². The van der Waals surface area contributed by atoms with Crippen molar-refractivity contribution < 1.29 is 0 Å². The van der Waals surface area contributed by atoms with Crippen molar-refractivity contribution in [3.63, 3.8) is 0 Å². The van der Waals surface area contributed by atoms with E-state index in [0.717, 1.165) is 17.1 Å². The first kappa shape index (κ1) is 43.6. The Morgan fingerprint density at radius 3 is 1.08 bits per heavy atom. The van der Waals surface area contributed by atoms with Crippen molar-refractivity contribution in [1.29, 1.82) is 0 Å². The zero-order valence-electron chi connectivity index (χ0n) is 42.2. The van der Waals surface area contributed by atoms with E-state index in [1.165, 1.54) is 122 Å². The molecule has 0 saturated carbocycles. The largest absolute Gasteiger partial charge is 0.310 e. The Balaban J connectivity index is 0.925. The zero-order valence-corrected chi connectivity index (χ0v) is 42.2. The van der Waals surface area contributed by atoms with Crippen LogP contribution in [0.4, 0.5) is 17.1 Å². The first-order valence-electron chi connectivity index (χ1n) is 26.9. The van der Waals surface area contributed by atoms with Crippen LogP contribution in [-0.2, 0) is 10.8 Å². The molecule has 0 amide bonds. The fourth-order valence-corrected chi connectivity index (χ4v) is 14.2. The molecule has 0 bridgehead atoms. The molecule has 0 radical (unpaired) electrons. The summed E-state index contributed by atoms with van der Waals surface area (Å²) in [6, 6.07) is 112. The molecule has 0 unspecified atom stereocenters. The van der Waals surface area contributed by atoms with Crippen LogP contribution < -0.4 is 4.90 Å². The van der Waals surface area contributed by atoms with Gasteiger partial charge in [0.25, 0.3) is 0 Å². The number of nitrogens with zero attached hydrogens (tertiary/aromatic N) is 1. The molecule has 77 heavy (non-hydrogen) atoms. The quantitative estimate of drug-likeness (QED) is 0.154. The Labute approximate surface area is 449 Å². The van der Waals surface area contributed by atoms with Gasteiger partial charge in [-0.15, -0.1) is 0 Å². The van der Waals surface area contributed by atoms with Crippen molar-refractivity contribution in [2.75, 3.05) is 4.90 Å². The molecule has 13 aromatic rings. The van der Waals surface area contributed by atoms with Gasteiger partial charge < -0.3 is 4.90 Å². The lowest BCUT2D eigenvalue weighted by atomic mass is 9.65. The lowest BCUT2D eigenvalue weighted by Crippen LogP contribution is -2.30. The van der Waals surface area contributed by atoms with Crippen LogP contribution in [0.2, 0.25) is 0 Å².